The zero-order valence-electron chi connectivity index (χ0n) is 14.0. The Hall–Kier alpha value is -1.03. The van der Waals surface area contributed by atoms with Gasteiger partial charge in [0, 0.05) is 30.0 Å². The fraction of sp³-hybridized carbons (Fsp3) is 0.533. The first-order valence-electron chi connectivity index (χ1n) is 7.18. The Morgan fingerprint density at radius 1 is 1.30 bits per heavy atom. The number of non-ortho nitro benzene ring substituents is 1. The van der Waals surface area contributed by atoms with Crippen molar-refractivity contribution in [1.82, 2.24) is 10.6 Å². The summed E-state index contributed by atoms with van der Waals surface area (Å²) in [4.78, 5) is 14.7. The molecule has 1 aromatic rings. The summed E-state index contributed by atoms with van der Waals surface area (Å²) in [6.07, 6.45) is 2.09. The summed E-state index contributed by atoms with van der Waals surface area (Å²) in [6.45, 7) is 8.43. The quantitative estimate of drug-likeness (QED) is 0.218. The second-order valence-electron chi connectivity index (χ2n) is 5.44. The van der Waals surface area contributed by atoms with Crippen molar-refractivity contribution in [3.8, 4) is 0 Å². The normalized spacial score (nSPS) is 11.6. The second kappa shape index (κ2) is 10.7. The van der Waals surface area contributed by atoms with Crippen LogP contribution >= 0.6 is 35.7 Å². The molecule has 6 nitrogen and oxygen atoms in total. The van der Waals surface area contributed by atoms with E-state index in [2.05, 4.69) is 35.7 Å². The van der Waals surface area contributed by atoms with Gasteiger partial charge in [0.15, 0.2) is 5.96 Å². The lowest BCUT2D eigenvalue weighted by molar-refractivity contribution is -0.384. The second-order valence-corrected chi connectivity index (χ2v) is 6.95. The molecular formula is C15H25IN4O2S. The molecule has 0 spiro atoms. The van der Waals surface area contributed by atoms with Crippen molar-refractivity contribution in [3.63, 3.8) is 0 Å². The number of benzene rings is 1. The third-order valence-electron chi connectivity index (χ3n) is 3.15. The van der Waals surface area contributed by atoms with Crippen LogP contribution in [0.15, 0.2) is 29.3 Å². The van der Waals surface area contributed by atoms with Crippen molar-refractivity contribution in [2.75, 3.05) is 19.3 Å². The van der Waals surface area contributed by atoms with E-state index in [1.54, 1.807) is 23.9 Å². The minimum atomic E-state index is -0.400. The Bertz CT molecular complexity index is 521. The molecule has 0 heterocycles. The lowest BCUT2D eigenvalue weighted by Crippen LogP contribution is -2.43. The van der Waals surface area contributed by atoms with E-state index in [1.807, 2.05) is 6.92 Å². The zero-order valence-corrected chi connectivity index (χ0v) is 17.1. The van der Waals surface area contributed by atoms with E-state index in [0.29, 0.717) is 6.54 Å². The largest absolute Gasteiger partial charge is 0.357 e. The standard InChI is InChI=1S/C15H24N4O2S.HI/c1-5-16-14(18-11-15(2,3)22-4)17-10-12-6-8-13(9-7-12)19(20)21;/h6-9H,5,10-11H2,1-4H3,(H2,16,17,18);1H. The highest BCUT2D eigenvalue weighted by Gasteiger charge is 2.16. The smallest absolute Gasteiger partial charge is 0.269 e. The molecule has 0 saturated carbocycles. The molecule has 23 heavy (non-hydrogen) atoms. The SMILES string of the molecule is CCNC(=NCc1ccc([N+](=O)[O-])cc1)NCC(C)(C)SC.I. The molecule has 8 heteroatoms. The molecule has 0 unspecified atom stereocenters. The Morgan fingerprint density at radius 2 is 1.91 bits per heavy atom. The van der Waals surface area contributed by atoms with Gasteiger partial charge in [-0.2, -0.15) is 11.8 Å². The molecule has 0 aliphatic heterocycles. The molecule has 0 bridgehead atoms. The maximum Gasteiger partial charge on any atom is 0.269 e. The van der Waals surface area contributed by atoms with Gasteiger partial charge in [0.05, 0.1) is 11.5 Å². The highest BCUT2D eigenvalue weighted by atomic mass is 127. The Balaban J connectivity index is 0.00000484. The highest BCUT2D eigenvalue weighted by molar-refractivity contribution is 14.0. The first kappa shape index (κ1) is 22.0. The van der Waals surface area contributed by atoms with Crippen LogP contribution in [0, 0.1) is 10.1 Å². The van der Waals surface area contributed by atoms with Crippen LogP contribution < -0.4 is 10.6 Å². The molecule has 1 aromatic carbocycles. The zero-order chi connectivity index (χ0) is 16.6. The minimum Gasteiger partial charge on any atom is -0.357 e. The van der Waals surface area contributed by atoms with E-state index in [9.17, 15) is 10.1 Å². The van der Waals surface area contributed by atoms with Crippen molar-refractivity contribution in [1.29, 1.82) is 0 Å². The van der Waals surface area contributed by atoms with Gasteiger partial charge in [0.1, 0.15) is 0 Å². The van der Waals surface area contributed by atoms with E-state index in [0.717, 1.165) is 24.6 Å². The van der Waals surface area contributed by atoms with Crippen LogP contribution in [-0.2, 0) is 6.54 Å². The molecule has 0 aliphatic rings. The average molecular weight is 452 g/mol. The van der Waals surface area contributed by atoms with Gasteiger partial charge >= 0.3 is 0 Å². The Labute approximate surface area is 159 Å². The van der Waals surface area contributed by atoms with E-state index in [-0.39, 0.29) is 34.4 Å². The maximum absolute atomic E-state index is 10.6. The predicted molar refractivity (Wildman–Crippen MR) is 109 cm³/mol. The van der Waals surface area contributed by atoms with Gasteiger partial charge < -0.3 is 10.6 Å². The van der Waals surface area contributed by atoms with Crippen molar-refractivity contribution < 1.29 is 4.92 Å². The molecule has 0 atom stereocenters. The van der Waals surface area contributed by atoms with Crippen LogP contribution in [0.3, 0.4) is 0 Å². The van der Waals surface area contributed by atoms with Crippen molar-refractivity contribution in [2.24, 2.45) is 4.99 Å². The first-order valence-corrected chi connectivity index (χ1v) is 8.41. The van der Waals surface area contributed by atoms with Gasteiger partial charge in [-0.25, -0.2) is 4.99 Å². The van der Waals surface area contributed by atoms with Gasteiger partial charge in [-0.1, -0.05) is 12.1 Å². The lowest BCUT2D eigenvalue weighted by Gasteiger charge is -2.23. The molecule has 0 fully saturated rings. The molecule has 0 amide bonds. The number of aliphatic imine (C=N–C) groups is 1. The topological polar surface area (TPSA) is 79.6 Å². The summed E-state index contributed by atoms with van der Waals surface area (Å²) >= 11 is 1.80. The van der Waals surface area contributed by atoms with Crippen molar-refractivity contribution in [3.05, 3.63) is 39.9 Å². The fourth-order valence-electron chi connectivity index (χ4n) is 1.60. The van der Waals surface area contributed by atoms with Crippen LogP contribution in [0.2, 0.25) is 0 Å². The Kier molecular flexibility index (Phi) is 10.2. The third kappa shape index (κ3) is 8.40. The number of halogens is 1. The number of nitrogens with one attached hydrogen (secondary N) is 2. The van der Waals surface area contributed by atoms with Crippen LogP contribution in [0.1, 0.15) is 26.3 Å². The number of guanidine groups is 1. The molecule has 2 N–H and O–H groups in total. The lowest BCUT2D eigenvalue weighted by atomic mass is 10.2. The van der Waals surface area contributed by atoms with Gasteiger partial charge in [0.25, 0.3) is 5.69 Å². The van der Waals surface area contributed by atoms with Crippen LogP contribution in [0.4, 0.5) is 5.69 Å². The minimum absolute atomic E-state index is 0. The first-order chi connectivity index (χ1) is 10.4. The number of nitro groups is 1. The average Bonchev–Trinajstić information content (AvgIpc) is 2.50. The fourth-order valence-corrected chi connectivity index (χ4v) is 1.82. The summed E-state index contributed by atoms with van der Waals surface area (Å²) in [5.41, 5.74) is 1.03. The molecule has 0 aliphatic carbocycles. The van der Waals surface area contributed by atoms with Gasteiger partial charge in [-0.15, -0.1) is 24.0 Å². The summed E-state index contributed by atoms with van der Waals surface area (Å²) in [7, 11) is 0. The van der Waals surface area contributed by atoms with E-state index < -0.39 is 4.92 Å². The number of thioether (sulfide) groups is 1. The van der Waals surface area contributed by atoms with Gasteiger partial charge in [-0.3, -0.25) is 10.1 Å². The highest BCUT2D eigenvalue weighted by Crippen LogP contribution is 2.19. The van der Waals surface area contributed by atoms with Gasteiger partial charge in [-0.05, 0) is 32.6 Å². The number of nitro benzene ring substituents is 1. The maximum atomic E-state index is 10.6. The summed E-state index contributed by atoms with van der Waals surface area (Å²) in [5.74, 6) is 0.753. The van der Waals surface area contributed by atoms with Crippen LogP contribution in [-0.4, -0.2) is 35.0 Å². The Morgan fingerprint density at radius 3 is 2.39 bits per heavy atom. The molecule has 1 rings (SSSR count). The predicted octanol–water partition coefficient (Wildman–Crippen LogP) is 3.41. The van der Waals surface area contributed by atoms with Crippen LogP contribution in [0.25, 0.3) is 0 Å². The summed E-state index contributed by atoms with van der Waals surface area (Å²) in [6, 6.07) is 6.47. The van der Waals surface area contributed by atoms with Gasteiger partial charge in [0.2, 0.25) is 0 Å². The van der Waals surface area contributed by atoms with Crippen LogP contribution in [0.5, 0.6) is 0 Å². The van der Waals surface area contributed by atoms with E-state index >= 15 is 0 Å². The van der Waals surface area contributed by atoms with E-state index in [1.165, 1.54) is 12.1 Å². The number of hydrogen-bond acceptors (Lipinski definition) is 4. The van der Waals surface area contributed by atoms with Crippen molar-refractivity contribution in [2.45, 2.75) is 32.1 Å². The number of nitrogens with zero attached hydrogens (tertiary/aromatic N) is 2. The molecule has 0 saturated heterocycles. The number of hydrogen-bond donors (Lipinski definition) is 2. The molecular weight excluding hydrogens is 427 g/mol. The number of rotatable bonds is 7. The summed E-state index contributed by atoms with van der Waals surface area (Å²) < 4.78 is 0.129. The summed E-state index contributed by atoms with van der Waals surface area (Å²) in [5, 5.41) is 17.1. The molecule has 0 aromatic heterocycles. The molecule has 0 radical (unpaired) electrons. The molecule has 130 valence electrons. The third-order valence-corrected chi connectivity index (χ3v) is 4.39. The van der Waals surface area contributed by atoms with Crippen molar-refractivity contribution >= 4 is 47.4 Å². The monoisotopic (exact) mass is 452 g/mol. The van der Waals surface area contributed by atoms with E-state index in [4.69, 9.17) is 0 Å².